The van der Waals surface area contributed by atoms with Gasteiger partial charge in [-0.1, -0.05) is 19.9 Å². The zero-order chi connectivity index (χ0) is 9.31. The average Bonchev–Trinajstić information content (AvgIpc) is 2.73. The molecule has 0 radical (unpaired) electrons. The molecule has 2 nitrogen and oxygen atoms in total. The molecule has 0 aromatic carbocycles. The van der Waals surface area contributed by atoms with Crippen molar-refractivity contribution in [2.24, 2.45) is 5.41 Å². The smallest absolute Gasteiger partial charge is 0.0541 e. The molecule has 13 heavy (non-hydrogen) atoms. The van der Waals surface area contributed by atoms with Crippen molar-refractivity contribution in [1.29, 1.82) is 0 Å². The fraction of sp³-hybridized carbons (Fsp3) is 0.545. The highest BCUT2D eigenvalue weighted by Crippen LogP contribution is 2.44. The van der Waals surface area contributed by atoms with Gasteiger partial charge in [0.05, 0.1) is 5.69 Å². The summed E-state index contributed by atoms with van der Waals surface area (Å²) in [5.41, 5.74) is 1.64. The first-order chi connectivity index (χ1) is 6.18. The Bertz CT molecular complexity index is 279. The van der Waals surface area contributed by atoms with Crippen LogP contribution < -0.4 is 5.32 Å². The van der Waals surface area contributed by atoms with Gasteiger partial charge in [-0.3, -0.25) is 4.98 Å². The zero-order valence-electron chi connectivity index (χ0n) is 8.25. The highest BCUT2D eigenvalue weighted by molar-refractivity contribution is 5.06. The summed E-state index contributed by atoms with van der Waals surface area (Å²) in [7, 11) is 0. The van der Waals surface area contributed by atoms with Gasteiger partial charge in [-0.15, -0.1) is 0 Å². The minimum Gasteiger partial charge on any atom is -0.308 e. The lowest BCUT2D eigenvalue weighted by molar-refractivity contribution is 0.538. The van der Waals surface area contributed by atoms with E-state index in [2.05, 4.69) is 30.2 Å². The molecule has 1 N–H and O–H groups in total. The van der Waals surface area contributed by atoms with E-state index < -0.39 is 0 Å². The van der Waals surface area contributed by atoms with E-state index in [0.29, 0.717) is 11.5 Å². The Balaban J connectivity index is 1.82. The number of nitrogens with zero attached hydrogens (tertiary/aromatic N) is 1. The summed E-state index contributed by atoms with van der Waals surface area (Å²) in [4.78, 5) is 4.26. The Labute approximate surface area is 79.4 Å². The molecule has 1 aliphatic carbocycles. The third kappa shape index (κ3) is 2.07. The van der Waals surface area contributed by atoms with Crippen molar-refractivity contribution in [3.63, 3.8) is 0 Å². The minimum atomic E-state index is 0.509. The number of nitrogens with one attached hydrogen (secondary N) is 1. The summed E-state index contributed by atoms with van der Waals surface area (Å²) in [6, 6.07) is 6.73. The van der Waals surface area contributed by atoms with Crippen LogP contribution in [0, 0.1) is 5.41 Å². The van der Waals surface area contributed by atoms with Crippen LogP contribution in [0.3, 0.4) is 0 Å². The molecule has 70 valence electrons. The van der Waals surface area contributed by atoms with Gasteiger partial charge in [0.15, 0.2) is 0 Å². The van der Waals surface area contributed by atoms with Crippen molar-refractivity contribution in [3.05, 3.63) is 30.1 Å². The summed E-state index contributed by atoms with van der Waals surface area (Å²) in [5.74, 6) is 0. The van der Waals surface area contributed by atoms with Crippen LogP contribution >= 0.6 is 0 Å². The van der Waals surface area contributed by atoms with Crippen molar-refractivity contribution in [2.45, 2.75) is 32.9 Å². The van der Waals surface area contributed by atoms with Crippen molar-refractivity contribution in [1.82, 2.24) is 10.3 Å². The van der Waals surface area contributed by atoms with E-state index in [1.165, 1.54) is 6.42 Å². The van der Waals surface area contributed by atoms with Crippen LogP contribution in [0.1, 0.15) is 26.0 Å². The van der Waals surface area contributed by atoms with E-state index in [0.717, 1.165) is 12.2 Å². The number of aromatic nitrogens is 1. The van der Waals surface area contributed by atoms with E-state index in [-0.39, 0.29) is 0 Å². The first-order valence-corrected chi connectivity index (χ1v) is 4.82. The van der Waals surface area contributed by atoms with E-state index >= 15 is 0 Å². The number of pyridine rings is 1. The summed E-state index contributed by atoms with van der Waals surface area (Å²) in [5, 5.41) is 3.50. The Morgan fingerprint density at radius 3 is 2.85 bits per heavy atom. The molecule has 1 aliphatic rings. The topological polar surface area (TPSA) is 24.9 Å². The molecule has 1 fully saturated rings. The average molecular weight is 176 g/mol. The summed E-state index contributed by atoms with van der Waals surface area (Å²) < 4.78 is 0. The molecular weight excluding hydrogens is 160 g/mol. The second-order valence-electron chi connectivity index (χ2n) is 4.45. The number of hydrogen-bond acceptors (Lipinski definition) is 2. The monoisotopic (exact) mass is 176 g/mol. The fourth-order valence-corrected chi connectivity index (χ4v) is 1.55. The Kier molecular flexibility index (Phi) is 2.08. The Morgan fingerprint density at radius 2 is 2.31 bits per heavy atom. The second kappa shape index (κ2) is 3.11. The predicted molar refractivity (Wildman–Crippen MR) is 53.3 cm³/mol. The van der Waals surface area contributed by atoms with Crippen molar-refractivity contribution < 1.29 is 0 Å². The maximum atomic E-state index is 4.26. The number of hydrogen-bond donors (Lipinski definition) is 1. The normalized spacial score (nSPS) is 24.3. The number of rotatable bonds is 3. The largest absolute Gasteiger partial charge is 0.308 e. The molecule has 2 rings (SSSR count). The van der Waals surface area contributed by atoms with Gasteiger partial charge >= 0.3 is 0 Å². The summed E-state index contributed by atoms with van der Waals surface area (Å²) in [6.45, 7) is 5.49. The van der Waals surface area contributed by atoms with E-state index in [1.54, 1.807) is 0 Å². The van der Waals surface area contributed by atoms with Crippen LogP contribution in [0.5, 0.6) is 0 Å². The third-order valence-corrected chi connectivity index (χ3v) is 2.77. The van der Waals surface area contributed by atoms with E-state index in [1.807, 2.05) is 18.3 Å². The fourth-order valence-electron chi connectivity index (χ4n) is 1.55. The first kappa shape index (κ1) is 8.70. The lowest BCUT2D eigenvalue weighted by atomic mass is 10.2. The van der Waals surface area contributed by atoms with Crippen molar-refractivity contribution in [3.8, 4) is 0 Å². The van der Waals surface area contributed by atoms with Crippen LogP contribution in [0.2, 0.25) is 0 Å². The standard InChI is InChI=1S/C11H16N2/c1-11(2)7-10(11)13-8-9-5-3-4-6-12-9/h3-6,10,13H,7-8H2,1-2H3. The van der Waals surface area contributed by atoms with Crippen LogP contribution in [0.15, 0.2) is 24.4 Å². The van der Waals surface area contributed by atoms with Crippen molar-refractivity contribution in [2.75, 3.05) is 0 Å². The van der Waals surface area contributed by atoms with Gasteiger partial charge in [0.1, 0.15) is 0 Å². The summed E-state index contributed by atoms with van der Waals surface area (Å²) in [6.07, 6.45) is 3.13. The quantitative estimate of drug-likeness (QED) is 0.761. The Hall–Kier alpha value is -0.890. The SMILES string of the molecule is CC1(C)CC1NCc1ccccn1. The molecule has 1 unspecified atom stereocenters. The maximum Gasteiger partial charge on any atom is 0.0541 e. The molecule has 2 heteroatoms. The predicted octanol–water partition coefficient (Wildman–Crippen LogP) is 1.97. The molecular formula is C11H16N2. The molecule has 1 aromatic heterocycles. The lowest BCUT2D eigenvalue weighted by Crippen LogP contribution is -2.20. The molecule has 1 heterocycles. The van der Waals surface area contributed by atoms with Crippen molar-refractivity contribution >= 4 is 0 Å². The molecule has 1 saturated carbocycles. The molecule has 0 amide bonds. The van der Waals surface area contributed by atoms with Gasteiger partial charge in [0.2, 0.25) is 0 Å². The van der Waals surface area contributed by atoms with Gasteiger partial charge in [-0.05, 0) is 24.0 Å². The van der Waals surface area contributed by atoms with Crippen LogP contribution in [0.25, 0.3) is 0 Å². The third-order valence-electron chi connectivity index (χ3n) is 2.77. The molecule has 1 atom stereocenters. The second-order valence-corrected chi connectivity index (χ2v) is 4.45. The van der Waals surface area contributed by atoms with E-state index in [4.69, 9.17) is 0 Å². The highest BCUT2D eigenvalue weighted by atomic mass is 15.0. The van der Waals surface area contributed by atoms with Gasteiger partial charge in [0, 0.05) is 18.8 Å². The molecule has 1 aromatic rings. The lowest BCUT2D eigenvalue weighted by Gasteiger charge is -2.05. The maximum absolute atomic E-state index is 4.26. The first-order valence-electron chi connectivity index (χ1n) is 4.82. The van der Waals surface area contributed by atoms with Gasteiger partial charge in [-0.2, -0.15) is 0 Å². The van der Waals surface area contributed by atoms with Gasteiger partial charge in [0.25, 0.3) is 0 Å². The Morgan fingerprint density at radius 1 is 1.54 bits per heavy atom. The summed E-state index contributed by atoms with van der Waals surface area (Å²) >= 11 is 0. The van der Waals surface area contributed by atoms with Crippen LogP contribution in [-0.4, -0.2) is 11.0 Å². The molecule has 0 bridgehead atoms. The van der Waals surface area contributed by atoms with Gasteiger partial charge in [-0.25, -0.2) is 0 Å². The highest BCUT2D eigenvalue weighted by Gasteiger charge is 2.44. The van der Waals surface area contributed by atoms with Crippen LogP contribution in [-0.2, 0) is 6.54 Å². The molecule has 0 saturated heterocycles. The minimum absolute atomic E-state index is 0.509. The molecule has 0 spiro atoms. The van der Waals surface area contributed by atoms with Crippen LogP contribution in [0.4, 0.5) is 0 Å². The zero-order valence-corrected chi connectivity index (χ0v) is 8.25. The van der Waals surface area contributed by atoms with E-state index in [9.17, 15) is 0 Å². The molecule has 0 aliphatic heterocycles. The van der Waals surface area contributed by atoms with Gasteiger partial charge < -0.3 is 5.32 Å².